The molecule has 2 bridgehead atoms. The summed E-state index contributed by atoms with van der Waals surface area (Å²) in [4.78, 5) is 0. The highest BCUT2D eigenvalue weighted by molar-refractivity contribution is 7.44. The van der Waals surface area contributed by atoms with Gasteiger partial charge in [0.2, 0.25) is 0 Å². The number of hydrogen-bond donors (Lipinski definition) is 0. The molecule has 2 saturated heterocycles. The van der Waals surface area contributed by atoms with E-state index in [0.717, 1.165) is 24.5 Å². The van der Waals surface area contributed by atoms with Gasteiger partial charge in [0, 0.05) is 25.6 Å². The molecule has 2 heterocycles. The molecule has 3 nitrogen and oxygen atoms in total. The summed E-state index contributed by atoms with van der Waals surface area (Å²) in [5, 5.41) is 0. The van der Waals surface area contributed by atoms with Crippen molar-refractivity contribution >= 4 is 8.53 Å². The molecule has 3 fully saturated rings. The Kier molecular flexibility index (Phi) is 2.53. The smallest absolute Gasteiger partial charge is 0.258 e. The van der Waals surface area contributed by atoms with Gasteiger partial charge in [0.1, 0.15) is 0 Å². The standard InChI is InChI=1S/C10H18NO2P/c1-12-14-11-6-8(7-13-14)9-4-2-3-5-10(9)11/h8-10H,2-7H2,1H3/t8-,9+,10?,14?/m1/s1. The van der Waals surface area contributed by atoms with E-state index in [0.29, 0.717) is 0 Å². The fraction of sp³-hybridized carbons (Fsp3) is 1.00. The summed E-state index contributed by atoms with van der Waals surface area (Å²) in [5.74, 6) is 1.71. The van der Waals surface area contributed by atoms with E-state index < -0.39 is 8.53 Å². The zero-order valence-corrected chi connectivity index (χ0v) is 9.58. The van der Waals surface area contributed by atoms with E-state index in [1.807, 2.05) is 0 Å². The Bertz CT molecular complexity index is 226. The summed E-state index contributed by atoms with van der Waals surface area (Å²) >= 11 is 0. The fourth-order valence-corrected chi connectivity index (χ4v) is 4.98. The Hall–Kier alpha value is 0.310. The molecule has 0 aromatic heterocycles. The molecule has 0 aromatic carbocycles. The van der Waals surface area contributed by atoms with E-state index in [1.54, 1.807) is 7.11 Å². The van der Waals surface area contributed by atoms with Crippen LogP contribution >= 0.6 is 8.53 Å². The van der Waals surface area contributed by atoms with Crippen LogP contribution in [0.25, 0.3) is 0 Å². The van der Waals surface area contributed by atoms with Crippen LogP contribution in [-0.4, -0.2) is 31.0 Å². The maximum atomic E-state index is 5.77. The highest BCUT2D eigenvalue weighted by atomic mass is 31.2. The van der Waals surface area contributed by atoms with Gasteiger partial charge in [-0.25, -0.2) is 4.67 Å². The topological polar surface area (TPSA) is 21.7 Å². The Morgan fingerprint density at radius 3 is 3.07 bits per heavy atom. The van der Waals surface area contributed by atoms with Crippen LogP contribution in [0.15, 0.2) is 0 Å². The second-order valence-electron chi connectivity index (χ2n) is 4.61. The van der Waals surface area contributed by atoms with Crippen LogP contribution in [-0.2, 0) is 9.05 Å². The summed E-state index contributed by atoms with van der Waals surface area (Å²) in [6.07, 6.45) is 5.61. The lowest BCUT2D eigenvalue weighted by Crippen LogP contribution is -2.31. The van der Waals surface area contributed by atoms with Crippen molar-refractivity contribution in [2.24, 2.45) is 11.8 Å². The van der Waals surface area contributed by atoms with Crippen LogP contribution < -0.4 is 0 Å². The minimum atomic E-state index is -0.702. The van der Waals surface area contributed by atoms with Crippen molar-refractivity contribution < 1.29 is 9.05 Å². The van der Waals surface area contributed by atoms with Crippen molar-refractivity contribution in [3.8, 4) is 0 Å². The minimum absolute atomic E-state index is 0.702. The number of fused-ring (bicyclic) bond motifs is 5. The quantitative estimate of drug-likeness (QED) is 0.627. The van der Waals surface area contributed by atoms with Crippen molar-refractivity contribution in [3.63, 3.8) is 0 Å². The van der Waals surface area contributed by atoms with E-state index in [1.165, 1.54) is 32.2 Å². The first-order chi connectivity index (χ1) is 6.90. The second-order valence-corrected chi connectivity index (χ2v) is 6.23. The third-order valence-corrected chi connectivity index (χ3v) is 5.52. The SMILES string of the molecule is COP1OC[C@H]2CN1C1CCCC[C@H]12. The van der Waals surface area contributed by atoms with E-state index >= 15 is 0 Å². The average molecular weight is 215 g/mol. The maximum Gasteiger partial charge on any atom is 0.258 e. The normalized spacial score (nSPS) is 51.6. The first-order valence-corrected chi connectivity index (χ1v) is 6.77. The van der Waals surface area contributed by atoms with Gasteiger partial charge in [-0.1, -0.05) is 12.8 Å². The average Bonchev–Trinajstić information content (AvgIpc) is 2.55. The van der Waals surface area contributed by atoms with Crippen molar-refractivity contribution in [1.82, 2.24) is 4.67 Å². The molecule has 3 rings (SSSR count). The number of rotatable bonds is 1. The molecule has 1 aliphatic carbocycles. The van der Waals surface area contributed by atoms with Gasteiger partial charge in [0.25, 0.3) is 8.53 Å². The molecule has 2 aliphatic heterocycles. The number of hydrogen-bond acceptors (Lipinski definition) is 3. The van der Waals surface area contributed by atoms with E-state index in [9.17, 15) is 0 Å². The Labute approximate surface area is 86.7 Å². The Balaban J connectivity index is 1.81. The van der Waals surface area contributed by atoms with Crippen LogP contribution in [0, 0.1) is 11.8 Å². The highest BCUT2D eigenvalue weighted by Gasteiger charge is 2.49. The van der Waals surface area contributed by atoms with Gasteiger partial charge in [0.15, 0.2) is 0 Å². The second kappa shape index (κ2) is 3.71. The van der Waals surface area contributed by atoms with Crippen LogP contribution in [0.4, 0.5) is 0 Å². The van der Waals surface area contributed by atoms with Crippen molar-refractivity contribution in [2.75, 3.05) is 20.3 Å². The van der Waals surface area contributed by atoms with Crippen molar-refractivity contribution in [3.05, 3.63) is 0 Å². The summed E-state index contributed by atoms with van der Waals surface area (Å²) in [7, 11) is 1.08. The molecule has 0 aromatic rings. The van der Waals surface area contributed by atoms with Crippen molar-refractivity contribution in [2.45, 2.75) is 31.7 Å². The predicted octanol–water partition coefficient (Wildman–Crippen LogP) is 2.38. The highest BCUT2D eigenvalue weighted by Crippen LogP contribution is 2.57. The fourth-order valence-electron chi connectivity index (χ4n) is 3.33. The largest absolute Gasteiger partial charge is 0.325 e. The van der Waals surface area contributed by atoms with Gasteiger partial charge in [0.05, 0.1) is 6.61 Å². The van der Waals surface area contributed by atoms with Crippen LogP contribution in [0.1, 0.15) is 25.7 Å². The van der Waals surface area contributed by atoms with Gasteiger partial charge in [-0.15, -0.1) is 0 Å². The first kappa shape index (κ1) is 9.53. The molecule has 0 radical (unpaired) electrons. The third kappa shape index (κ3) is 1.34. The summed E-state index contributed by atoms with van der Waals surface area (Å²) in [5.41, 5.74) is 0. The molecule has 3 aliphatic rings. The van der Waals surface area contributed by atoms with E-state index in [-0.39, 0.29) is 0 Å². The van der Waals surface area contributed by atoms with Gasteiger partial charge in [-0.3, -0.25) is 0 Å². The third-order valence-electron chi connectivity index (χ3n) is 3.96. The molecule has 0 spiro atoms. The molecule has 14 heavy (non-hydrogen) atoms. The van der Waals surface area contributed by atoms with Crippen LogP contribution in [0.2, 0.25) is 0 Å². The monoisotopic (exact) mass is 215 g/mol. The molecular formula is C10H18NO2P. The zero-order valence-electron chi connectivity index (χ0n) is 8.69. The zero-order chi connectivity index (χ0) is 9.54. The number of nitrogens with zero attached hydrogens (tertiary/aromatic N) is 1. The molecular weight excluding hydrogens is 197 g/mol. The van der Waals surface area contributed by atoms with Crippen LogP contribution in [0.5, 0.6) is 0 Å². The van der Waals surface area contributed by atoms with Gasteiger partial charge >= 0.3 is 0 Å². The first-order valence-electron chi connectivity index (χ1n) is 5.64. The molecule has 3 unspecified atom stereocenters. The minimum Gasteiger partial charge on any atom is -0.325 e. The summed E-state index contributed by atoms with van der Waals surface area (Å²) < 4.78 is 13.7. The van der Waals surface area contributed by atoms with Gasteiger partial charge in [-0.05, 0) is 18.8 Å². The van der Waals surface area contributed by atoms with Crippen LogP contribution in [0.3, 0.4) is 0 Å². The Morgan fingerprint density at radius 1 is 1.36 bits per heavy atom. The molecule has 4 heteroatoms. The molecule has 0 N–H and O–H groups in total. The summed E-state index contributed by atoms with van der Waals surface area (Å²) in [6.45, 7) is 2.17. The van der Waals surface area contributed by atoms with Gasteiger partial charge < -0.3 is 9.05 Å². The molecule has 1 saturated carbocycles. The van der Waals surface area contributed by atoms with Crippen molar-refractivity contribution in [1.29, 1.82) is 0 Å². The van der Waals surface area contributed by atoms with E-state index in [2.05, 4.69) is 4.67 Å². The maximum absolute atomic E-state index is 5.77. The predicted molar refractivity (Wildman–Crippen MR) is 55.8 cm³/mol. The summed E-state index contributed by atoms with van der Waals surface area (Å²) in [6, 6.07) is 0.780. The Morgan fingerprint density at radius 2 is 2.21 bits per heavy atom. The molecule has 5 atom stereocenters. The molecule has 0 amide bonds. The van der Waals surface area contributed by atoms with E-state index in [4.69, 9.17) is 9.05 Å². The lowest BCUT2D eigenvalue weighted by molar-refractivity contribution is 0.171. The molecule has 80 valence electrons. The lowest BCUT2D eigenvalue weighted by Gasteiger charge is -2.33. The lowest BCUT2D eigenvalue weighted by atomic mass is 9.80. The van der Waals surface area contributed by atoms with Gasteiger partial charge in [-0.2, -0.15) is 0 Å².